The van der Waals surface area contributed by atoms with Crippen LogP contribution in [-0.4, -0.2) is 17.2 Å². The summed E-state index contributed by atoms with van der Waals surface area (Å²) in [6, 6.07) is 10.6. The molecule has 20 heavy (non-hydrogen) atoms. The normalized spacial score (nSPS) is 16.6. The Morgan fingerprint density at radius 1 is 1.30 bits per heavy atom. The minimum Gasteiger partial charge on any atom is -0.490 e. The van der Waals surface area contributed by atoms with E-state index >= 15 is 0 Å². The summed E-state index contributed by atoms with van der Waals surface area (Å²) < 4.78 is 5.66. The van der Waals surface area contributed by atoms with Crippen LogP contribution in [0.1, 0.15) is 22.8 Å². The van der Waals surface area contributed by atoms with E-state index in [-0.39, 0.29) is 11.7 Å². The van der Waals surface area contributed by atoms with E-state index in [9.17, 15) is 9.90 Å². The van der Waals surface area contributed by atoms with Crippen LogP contribution in [0.15, 0.2) is 36.4 Å². The Hall–Kier alpha value is -2.00. The number of ether oxygens (including phenoxy) is 1. The number of carboxylic acid groups (broad SMARTS) is 1. The summed E-state index contributed by atoms with van der Waals surface area (Å²) in [5.41, 5.74) is 2.83. The molecule has 1 atom stereocenters. The van der Waals surface area contributed by atoms with Crippen LogP contribution in [0.4, 0.5) is 0 Å². The zero-order valence-corrected chi connectivity index (χ0v) is 11.6. The second kappa shape index (κ2) is 4.84. The summed E-state index contributed by atoms with van der Waals surface area (Å²) in [4.78, 5) is 11.3. The van der Waals surface area contributed by atoms with Crippen LogP contribution in [0, 0.1) is 0 Å². The molecule has 1 aliphatic rings. The molecule has 0 amide bonds. The lowest BCUT2D eigenvalue weighted by Gasteiger charge is -2.08. The summed E-state index contributed by atoms with van der Waals surface area (Å²) in [6.45, 7) is 2.02. The minimum atomic E-state index is -0.957. The van der Waals surface area contributed by atoms with Crippen LogP contribution in [0.25, 0.3) is 11.1 Å². The van der Waals surface area contributed by atoms with Gasteiger partial charge in [0.1, 0.15) is 11.9 Å². The summed E-state index contributed by atoms with van der Waals surface area (Å²) in [7, 11) is 0. The van der Waals surface area contributed by atoms with Gasteiger partial charge in [0.05, 0.1) is 5.56 Å². The third kappa shape index (κ3) is 2.25. The van der Waals surface area contributed by atoms with Gasteiger partial charge >= 0.3 is 5.97 Å². The first kappa shape index (κ1) is 13.0. The van der Waals surface area contributed by atoms with Crippen molar-refractivity contribution in [3.63, 3.8) is 0 Å². The molecule has 4 heteroatoms. The number of aromatic carboxylic acids is 1. The molecule has 1 unspecified atom stereocenters. The van der Waals surface area contributed by atoms with Gasteiger partial charge in [0.25, 0.3) is 0 Å². The van der Waals surface area contributed by atoms with E-state index in [0.717, 1.165) is 23.3 Å². The first-order chi connectivity index (χ1) is 9.54. The van der Waals surface area contributed by atoms with Crippen molar-refractivity contribution in [2.24, 2.45) is 0 Å². The summed E-state index contributed by atoms with van der Waals surface area (Å²) in [5, 5.41) is 9.81. The Morgan fingerprint density at radius 2 is 2.10 bits per heavy atom. The quantitative estimate of drug-likeness (QED) is 0.907. The molecular formula is C16H13ClO3. The molecule has 1 aliphatic heterocycles. The maximum Gasteiger partial charge on any atom is 0.336 e. The van der Waals surface area contributed by atoms with Gasteiger partial charge in [-0.3, -0.25) is 0 Å². The van der Waals surface area contributed by atoms with Gasteiger partial charge in [0.2, 0.25) is 0 Å². The van der Waals surface area contributed by atoms with Crippen molar-refractivity contribution in [1.82, 2.24) is 0 Å². The van der Waals surface area contributed by atoms with Crippen LogP contribution in [0.3, 0.4) is 0 Å². The maximum atomic E-state index is 11.3. The number of benzene rings is 2. The van der Waals surface area contributed by atoms with Crippen molar-refractivity contribution in [2.45, 2.75) is 19.4 Å². The van der Waals surface area contributed by atoms with Gasteiger partial charge in [-0.25, -0.2) is 4.79 Å². The molecular weight excluding hydrogens is 276 g/mol. The Kier molecular flexibility index (Phi) is 3.14. The second-order valence-corrected chi connectivity index (χ2v) is 5.39. The smallest absolute Gasteiger partial charge is 0.336 e. The van der Waals surface area contributed by atoms with E-state index in [1.165, 1.54) is 6.07 Å². The number of rotatable bonds is 2. The van der Waals surface area contributed by atoms with E-state index < -0.39 is 5.97 Å². The van der Waals surface area contributed by atoms with Crippen LogP contribution >= 0.6 is 11.6 Å². The molecule has 0 aromatic heterocycles. The lowest BCUT2D eigenvalue weighted by molar-refractivity contribution is 0.0697. The fourth-order valence-electron chi connectivity index (χ4n) is 2.53. The molecule has 102 valence electrons. The molecule has 1 heterocycles. The van der Waals surface area contributed by atoms with Gasteiger partial charge in [-0.05, 0) is 53.9 Å². The fourth-order valence-corrected chi connectivity index (χ4v) is 2.70. The van der Waals surface area contributed by atoms with E-state index in [4.69, 9.17) is 16.3 Å². The van der Waals surface area contributed by atoms with Gasteiger partial charge in [-0.15, -0.1) is 0 Å². The van der Waals surface area contributed by atoms with E-state index in [1.807, 2.05) is 25.1 Å². The zero-order chi connectivity index (χ0) is 14.3. The number of hydrogen-bond donors (Lipinski definition) is 1. The van der Waals surface area contributed by atoms with Gasteiger partial charge in [-0.2, -0.15) is 0 Å². The maximum absolute atomic E-state index is 11.3. The highest BCUT2D eigenvalue weighted by molar-refractivity contribution is 6.31. The molecule has 0 aliphatic carbocycles. The van der Waals surface area contributed by atoms with Gasteiger partial charge in [0.15, 0.2) is 0 Å². The molecule has 0 bridgehead atoms. The molecule has 0 saturated carbocycles. The molecule has 2 aromatic carbocycles. The number of halogens is 1. The zero-order valence-electron chi connectivity index (χ0n) is 10.9. The first-order valence-corrected chi connectivity index (χ1v) is 6.75. The summed E-state index contributed by atoms with van der Waals surface area (Å²) >= 11 is 5.99. The fraction of sp³-hybridized carbons (Fsp3) is 0.188. The predicted octanol–water partition coefficient (Wildman–Crippen LogP) is 4.03. The van der Waals surface area contributed by atoms with E-state index in [2.05, 4.69) is 0 Å². The molecule has 0 spiro atoms. The number of fused-ring (bicyclic) bond motifs is 1. The predicted molar refractivity (Wildman–Crippen MR) is 77.6 cm³/mol. The lowest BCUT2D eigenvalue weighted by atomic mass is 9.97. The molecule has 1 N–H and O–H groups in total. The Labute approximate surface area is 121 Å². The standard InChI is InChI=1S/C16H13ClO3/c1-9-6-11-7-10(2-5-15(11)20-9)14-8-12(17)3-4-13(14)16(18)19/h2-5,7-9H,6H2,1H3,(H,18,19). The molecule has 0 saturated heterocycles. The Balaban J connectivity index is 2.12. The van der Waals surface area contributed by atoms with E-state index in [1.54, 1.807) is 12.1 Å². The summed E-state index contributed by atoms with van der Waals surface area (Å²) in [5.74, 6) is -0.0815. The number of carbonyl (C=O) groups is 1. The van der Waals surface area contributed by atoms with Gasteiger partial charge < -0.3 is 9.84 Å². The summed E-state index contributed by atoms with van der Waals surface area (Å²) in [6.07, 6.45) is 1.00. The highest BCUT2D eigenvalue weighted by Crippen LogP contribution is 2.34. The van der Waals surface area contributed by atoms with Crippen molar-refractivity contribution in [1.29, 1.82) is 0 Å². The Bertz CT molecular complexity index is 694. The average molecular weight is 289 g/mol. The third-order valence-corrected chi connectivity index (χ3v) is 3.65. The highest BCUT2D eigenvalue weighted by Gasteiger charge is 2.20. The monoisotopic (exact) mass is 288 g/mol. The third-order valence-electron chi connectivity index (χ3n) is 3.42. The molecule has 3 nitrogen and oxygen atoms in total. The number of carboxylic acids is 1. The van der Waals surface area contributed by atoms with E-state index in [0.29, 0.717) is 10.6 Å². The topological polar surface area (TPSA) is 46.5 Å². The SMILES string of the molecule is CC1Cc2cc(-c3cc(Cl)ccc3C(=O)O)ccc2O1. The van der Waals surface area contributed by atoms with Crippen molar-refractivity contribution < 1.29 is 14.6 Å². The van der Waals surface area contributed by atoms with Crippen molar-refractivity contribution in [3.8, 4) is 16.9 Å². The van der Waals surface area contributed by atoms with Gasteiger partial charge in [0, 0.05) is 11.4 Å². The first-order valence-electron chi connectivity index (χ1n) is 6.37. The van der Waals surface area contributed by atoms with Crippen LogP contribution in [0.5, 0.6) is 5.75 Å². The van der Waals surface area contributed by atoms with Crippen molar-refractivity contribution in [2.75, 3.05) is 0 Å². The molecule has 0 radical (unpaired) electrons. The molecule has 0 fully saturated rings. The number of hydrogen-bond acceptors (Lipinski definition) is 2. The highest BCUT2D eigenvalue weighted by atomic mass is 35.5. The van der Waals surface area contributed by atoms with Crippen molar-refractivity contribution >= 4 is 17.6 Å². The van der Waals surface area contributed by atoms with Crippen molar-refractivity contribution in [3.05, 3.63) is 52.5 Å². The largest absolute Gasteiger partial charge is 0.490 e. The van der Waals surface area contributed by atoms with Crippen LogP contribution in [-0.2, 0) is 6.42 Å². The molecule has 3 rings (SSSR count). The molecule has 2 aromatic rings. The Morgan fingerprint density at radius 3 is 2.85 bits per heavy atom. The average Bonchev–Trinajstić information content (AvgIpc) is 2.77. The van der Waals surface area contributed by atoms with Crippen LogP contribution < -0.4 is 4.74 Å². The minimum absolute atomic E-state index is 0.165. The lowest BCUT2D eigenvalue weighted by Crippen LogP contribution is -2.05. The van der Waals surface area contributed by atoms with Crippen LogP contribution in [0.2, 0.25) is 5.02 Å². The van der Waals surface area contributed by atoms with Gasteiger partial charge in [-0.1, -0.05) is 17.7 Å². The second-order valence-electron chi connectivity index (χ2n) is 4.95.